The molecule has 1 heterocycles. The summed E-state index contributed by atoms with van der Waals surface area (Å²) < 4.78 is 26.7. The highest BCUT2D eigenvalue weighted by Crippen LogP contribution is 2.30. The molecule has 1 aromatic heterocycles. The number of aliphatic hydroxyl groups excluding tert-OH is 1. The zero-order chi connectivity index (χ0) is 9.90. The van der Waals surface area contributed by atoms with E-state index in [-0.39, 0.29) is 5.56 Å². The third-order valence-corrected chi connectivity index (χ3v) is 2.04. The summed E-state index contributed by atoms with van der Waals surface area (Å²) in [6.07, 6.45) is 0.524. The van der Waals surface area contributed by atoms with Gasteiger partial charge >= 0.3 is 0 Å². The Morgan fingerprint density at radius 1 is 1.46 bits per heavy atom. The van der Waals surface area contributed by atoms with Crippen LogP contribution in [0.4, 0.5) is 8.78 Å². The fourth-order valence-electron chi connectivity index (χ4n) is 0.877. The molecular weight excluding hydrogens is 244 g/mol. The van der Waals surface area contributed by atoms with Gasteiger partial charge in [0.15, 0.2) is 0 Å². The van der Waals surface area contributed by atoms with Gasteiger partial charge in [0, 0.05) is 24.8 Å². The molecule has 0 bridgehead atoms. The van der Waals surface area contributed by atoms with E-state index in [2.05, 4.69) is 20.9 Å². The molecule has 0 aliphatic heterocycles. The summed E-state index contributed by atoms with van der Waals surface area (Å²) in [4.78, 5) is 3.68. The Morgan fingerprint density at radius 3 is 2.62 bits per heavy atom. The van der Waals surface area contributed by atoms with Crippen LogP contribution in [-0.2, 0) is 5.92 Å². The zero-order valence-electron chi connectivity index (χ0n) is 6.67. The molecule has 13 heavy (non-hydrogen) atoms. The van der Waals surface area contributed by atoms with Gasteiger partial charge in [0.05, 0.1) is 0 Å². The van der Waals surface area contributed by atoms with Crippen molar-refractivity contribution in [2.75, 3.05) is 6.61 Å². The molecule has 1 aromatic rings. The van der Waals surface area contributed by atoms with Gasteiger partial charge in [0.1, 0.15) is 4.60 Å². The van der Waals surface area contributed by atoms with Crippen LogP contribution in [0.2, 0.25) is 0 Å². The number of hydrogen-bond donors (Lipinski definition) is 1. The van der Waals surface area contributed by atoms with Crippen LogP contribution in [-0.4, -0.2) is 16.7 Å². The third-order valence-electron chi connectivity index (χ3n) is 1.58. The van der Waals surface area contributed by atoms with E-state index in [0.717, 1.165) is 6.20 Å². The highest BCUT2D eigenvalue weighted by Gasteiger charge is 2.30. The number of nitrogens with zero attached hydrogens (tertiary/aromatic N) is 1. The molecule has 0 unspecified atom stereocenters. The van der Waals surface area contributed by atoms with Crippen molar-refractivity contribution in [2.24, 2.45) is 0 Å². The van der Waals surface area contributed by atoms with Crippen molar-refractivity contribution in [1.82, 2.24) is 4.98 Å². The van der Waals surface area contributed by atoms with E-state index in [0.29, 0.717) is 4.60 Å². The van der Waals surface area contributed by atoms with Gasteiger partial charge in [-0.1, -0.05) is 0 Å². The van der Waals surface area contributed by atoms with E-state index >= 15 is 0 Å². The number of halogens is 3. The quantitative estimate of drug-likeness (QED) is 0.837. The lowest BCUT2D eigenvalue weighted by atomic mass is 10.1. The van der Waals surface area contributed by atoms with Gasteiger partial charge < -0.3 is 5.11 Å². The minimum atomic E-state index is -3.00. The molecule has 1 N–H and O–H groups in total. The number of hydrogen-bond acceptors (Lipinski definition) is 2. The molecule has 0 aliphatic carbocycles. The molecule has 2 nitrogen and oxygen atoms in total. The average Bonchev–Trinajstić information content (AvgIpc) is 2.05. The van der Waals surface area contributed by atoms with Gasteiger partial charge in [-0.15, -0.1) is 0 Å². The first-order chi connectivity index (χ1) is 6.06. The van der Waals surface area contributed by atoms with Crippen LogP contribution < -0.4 is 0 Å². The maximum absolute atomic E-state index is 13.1. The van der Waals surface area contributed by atoms with E-state index in [1.54, 1.807) is 0 Å². The summed E-state index contributed by atoms with van der Waals surface area (Å²) in [5, 5.41) is 8.41. The number of rotatable bonds is 3. The fraction of sp³-hybridized carbons (Fsp3) is 0.375. The van der Waals surface area contributed by atoms with Crippen molar-refractivity contribution in [3.05, 3.63) is 28.5 Å². The van der Waals surface area contributed by atoms with Crippen molar-refractivity contribution >= 4 is 15.9 Å². The molecule has 5 heteroatoms. The van der Waals surface area contributed by atoms with Crippen molar-refractivity contribution in [3.8, 4) is 0 Å². The largest absolute Gasteiger partial charge is 0.396 e. The fourth-order valence-corrected chi connectivity index (χ4v) is 1.11. The second-order valence-corrected chi connectivity index (χ2v) is 3.36. The third kappa shape index (κ3) is 2.70. The lowest BCUT2D eigenvalue weighted by molar-refractivity contribution is -0.0272. The smallest absolute Gasteiger partial charge is 0.276 e. The summed E-state index contributed by atoms with van der Waals surface area (Å²) in [7, 11) is 0. The van der Waals surface area contributed by atoms with Gasteiger partial charge in [-0.05, 0) is 28.1 Å². The highest BCUT2D eigenvalue weighted by molar-refractivity contribution is 9.10. The Balaban J connectivity index is 2.87. The Hall–Kier alpha value is -0.550. The summed E-state index contributed by atoms with van der Waals surface area (Å²) in [6.45, 7) is -0.539. The summed E-state index contributed by atoms with van der Waals surface area (Å²) >= 11 is 3.05. The lowest BCUT2D eigenvalue weighted by Gasteiger charge is -2.14. The van der Waals surface area contributed by atoms with E-state index < -0.39 is 19.0 Å². The number of aliphatic hydroxyl groups is 1. The molecule has 0 atom stereocenters. The molecule has 0 spiro atoms. The van der Waals surface area contributed by atoms with Crippen molar-refractivity contribution in [3.63, 3.8) is 0 Å². The first-order valence-corrected chi connectivity index (χ1v) is 4.46. The van der Waals surface area contributed by atoms with Crippen LogP contribution >= 0.6 is 15.9 Å². The van der Waals surface area contributed by atoms with Crippen molar-refractivity contribution < 1.29 is 13.9 Å². The highest BCUT2D eigenvalue weighted by atomic mass is 79.9. The predicted molar refractivity (Wildman–Crippen MR) is 47.5 cm³/mol. The average molecular weight is 252 g/mol. The van der Waals surface area contributed by atoms with Crippen LogP contribution in [0, 0.1) is 0 Å². The predicted octanol–water partition coefficient (Wildman–Crippen LogP) is 2.32. The molecule has 1 rings (SSSR count). The molecule has 0 saturated heterocycles. The normalized spacial score (nSPS) is 11.7. The first-order valence-electron chi connectivity index (χ1n) is 3.67. The molecule has 0 aromatic carbocycles. The number of aromatic nitrogens is 1. The van der Waals surface area contributed by atoms with E-state index in [4.69, 9.17) is 5.11 Å². The topological polar surface area (TPSA) is 33.1 Å². The molecule has 0 fully saturated rings. The van der Waals surface area contributed by atoms with Crippen LogP contribution in [0.25, 0.3) is 0 Å². The van der Waals surface area contributed by atoms with Crippen molar-refractivity contribution in [1.29, 1.82) is 0 Å². The lowest BCUT2D eigenvalue weighted by Crippen LogP contribution is -2.15. The number of pyridine rings is 1. The molecule has 0 saturated carbocycles. The van der Waals surface area contributed by atoms with Gasteiger partial charge in [-0.3, -0.25) is 0 Å². The van der Waals surface area contributed by atoms with E-state index in [9.17, 15) is 8.78 Å². The molecule has 0 aliphatic rings. The summed E-state index contributed by atoms with van der Waals surface area (Å²) in [6, 6.07) is 2.73. The van der Waals surface area contributed by atoms with Crippen LogP contribution in [0.1, 0.15) is 12.0 Å². The van der Waals surface area contributed by atoms with Crippen LogP contribution in [0.3, 0.4) is 0 Å². The zero-order valence-corrected chi connectivity index (χ0v) is 8.26. The second kappa shape index (κ2) is 4.11. The second-order valence-electron chi connectivity index (χ2n) is 2.55. The SMILES string of the molecule is OCCC(F)(F)c1ccc(Br)nc1. The Labute approximate surface area is 82.7 Å². The monoisotopic (exact) mass is 251 g/mol. The van der Waals surface area contributed by atoms with Crippen LogP contribution in [0.5, 0.6) is 0 Å². The summed E-state index contributed by atoms with van der Waals surface area (Å²) in [5.74, 6) is -3.00. The van der Waals surface area contributed by atoms with Crippen molar-refractivity contribution in [2.45, 2.75) is 12.3 Å². The Bertz CT molecular complexity index is 276. The summed E-state index contributed by atoms with van der Waals surface area (Å²) in [5.41, 5.74) is -0.176. The Kier molecular flexibility index (Phi) is 3.33. The van der Waals surface area contributed by atoms with Crippen LogP contribution in [0.15, 0.2) is 22.9 Å². The molecule has 72 valence electrons. The van der Waals surface area contributed by atoms with Gasteiger partial charge in [-0.2, -0.15) is 0 Å². The minimum Gasteiger partial charge on any atom is -0.396 e. The van der Waals surface area contributed by atoms with Gasteiger partial charge in [0.25, 0.3) is 5.92 Å². The van der Waals surface area contributed by atoms with Gasteiger partial charge in [0.2, 0.25) is 0 Å². The molecular formula is C8H8BrF2NO. The maximum atomic E-state index is 13.1. The Morgan fingerprint density at radius 2 is 2.15 bits per heavy atom. The van der Waals surface area contributed by atoms with E-state index in [1.165, 1.54) is 12.1 Å². The standard InChI is InChI=1S/C8H8BrF2NO/c9-7-2-1-6(5-12-7)8(10,11)3-4-13/h1-2,5,13H,3-4H2. The molecule has 0 radical (unpaired) electrons. The maximum Gasteiger partial charge on any atom is 0.276 e. The van der Waals surface area contributed by atoms with E-state index in [1.807, 2.05) is 0 Å². The first kappa shape index (κ1) is 10.5. The molecule has 0 amide bonds. The van der Waals surface area contributed by atoms with Gasteiger partial charge in [-0.25, -0.2) is 13.8 Å². The number of alkyl halides is 2. The minimum absolute atomic E-state index is 0.176.